The zero-order valence-corrected chi connectivity index (χ0v) is 22.7. The van der Waals surface area contributed by atoms with Crippen LogP contribution in [0.2, 0.25) is 5.02 Å². The molecule has 198 valence electrons. The molecule has 0 spiro atoms. The molecule has 0 aliphatic heterocycles. The fraction of sp³-hybridized carbons (Fsp3) is 0.357. The number of carboxylic acids is 1. The van der Waals surface area contributed by atoms with Gasteiger partial charge < -0.3 is 19.7 Å². The molecule has 10 heteroatoms. The van der Waals surface area contributed by atoms with Gasteiger partial charge in [-0.05, 0) is 60.3 Å². The summed E-state index contributed by atoms with van der Waals surface area (Å²) in [6, 6.07) is 13.1. The molecule has 1 unspecified atom stereocenters. The van der Waals surface area contributed by atoms with Crippen LogP contribution in [0.15, 0.2) is 47.1 Å². The van der Waals surface area contributed by atoms with E-state index in [4.69, 9.17) is 20.9 Å². The second-order valence-corrected chi connectivity index (χ2v) is 10.9. The minimum Gasteiger partial charge on any atom is -0.490 e. The summed E-state index contributed by atoms with van der Waals surface area (Å²) >= 11 is 6.55. The van der Waals surface area contributed by atoms with E-state index in [9.17, 15) is 15.2 Å². The first-order chi connectivity index (χ1) is 18.0. The van der Waals surface area contributed by atoms with E-state index in [0.717, 1.165) is 16.5 Å². The van der Waals surface area contributed by atoms with Gasteiger partial charge >= 0.3 is 5.97 Å². The number of benzene rings is 2. The number of carboxylic acid groups (broad SMARTS) is 1. The van der Waals surface area contributed by atoms with Crippen molar-refractivity contribution < 1.29 is 19.2 Å². The lowest BCUT2D eigenvalue weighted by Gasteiger charge is -2.27. The SMILES string of the molecule is CC(C)Oc1ccc(-c2nc(-n3cc(Cl)c4cc(CNCC(C(=O)O)C(C)(C)C)ccc43)no2)cc1C#N. The highest BCUT2D eigenvalue weighted by Gasteiger charge is 2.30. The van der Waals surface area contributed by atoms with Crippen LogP contribution in [-0.2, 0) is 11.3 Å². The number of ether oxygens (including phenoxy) is 1. The van der Waals surface area contributed by atoms with Crippen LogP contribution in [0.3, 0.4) is 0 Å². The Hall–Kier alpha value is -3.87. The van der Waals surface area contributed by atoms with Gasteiger partial charge in [-0.15, -0.1) is 0 Å². The Morgan fingerprint density at radius 3 is 2.68 bits per heavy atom. The van der Waals surface area contributed by atoms with Crippen LogP contribution in [0.5, 0.6) is 5.75 Å². The zero-order chi connectivity index (χ0) is 27.6. The third kappa shape index (κ3) is 5.82. The molecule has 2 aromatic heterocycles. The molecule has 0 aliphatic carbocycles. The van der Waals surface area contributed by atoms with Gasteiger partial charge in [-0.3, -0.25) is 9.36 Å². The number of carbonyl (C=O) groups is 1. The van der Waals surface area contributed by atoms with Crippen molar-refractivity contribution in [2.45, 2.75) is 47.3 Å². The Labute approximate surface area is 226 Å². The number of hydrogen-bond donors (Lipinski definition) is 2. The van der Waals surface area contributed by atoms with Gasteiger partial charge in [0.05, 0.1) is 28.1 Å². The highest BCUT2D eigenvalue weighted by molar-refractivity contribution is 6.35. The summed E-state index contributed by atoms with van der Waals surface area (Å²) in [5.41, 5.74) is 2.39. The van der Waals surface area contributed by atoms with Gasteiger partial charge in [0.25, 0.3) is 11.8 Å². The molecule has 1 atom stereocenters. The average Bonchev–Trinajstić information content (AvgIpc) is 3.45. The van der Waals surface area contributed by atoms with Gasteiger partial charge in [0, 0.05) is 30.2 Å². The maximum absolute atomic E-state index is 11.6. The van der Waals surface area contributed by atoms with Crippen molar-refractivity contribution in [2.24, 2.45) is 11.3 Å². The van der Waals surface area contributed by atoms with Gasteiger partial charge in [-0.1, -0.05) is 38.4 Å². The van der Waals surface area contributed by atoms with Crippen molar-refractivity contribution in [2.75, 3.05) is 6.54 Å². The normalized spacial score (nSPS) is 12.6. The number of hydrogen-bond acceptors (Lipinski definition) is 7. The number of aliphatic carboxylic acids is 1. The van der Waals surface area contributed by atoms with Crippen molar-refractivity contribution >= 4 is 28.5 Å². The van der Waals surface area contributed by atoms with E-state index in [1.54, 1.807) is 29.0 Å². The quantitative estimate of drug-likeness (QED) is 0.274. The molecule has 0 saturated heterocycles. The number of nitriles is 1. The molecule has 9 nitrogen and oxygen atoms in total. The van der Waals surface area contributed by atoms with Crippen molar-refractivity contribution in [3.63, 3.8) is 0 Å². The Bertz CT molecular complexity index is 1510. The summed E-state index contributed by atoms with van der Waals surface area (Å²) in [5, 5.41) is 27.8. The highest BCUT2D eigenvalue weighted by atomic mass is 35.5. The number of fused-ring (bicyclic) bond motifs is 1. The first kappa shape index (κ1) is 27.2. The maximum atomic E-state index is 11.6. The molecule has 0 fully saturated rings. The Morgan fingerprint density at radius 1 is 1.26 bits per heavy atom. The predicted octanol–water partition coefficient (Wildman–Crippen LogP) is 5.83. The topological polar surface area (TPSA) is 126 Å². The van der Waals surface area contributed by atoms with E-state index in [1.165, 1.54) is 0 Å². The van der Waals surface area contributed by atoms with Crippen molar-refractivity contribution in [1.82, 2.24) is 20.0 Å². The summed E-state index contributed by atoms with van der Waals surface area (Å²) in [5.74, 6) is -0.261. The van der Waals surface area contributed by atoms with Gasteiger partial charge in [0.1, 0.15) is 11.8 Å². The second-order valence-electron chi connectivity index (χ2n) is 10.5. The molecule has 2 aromatic carbocycles. The van der Waals surface area contributed by atoms with E-state index in [2.05, 4.69) is 21.5 Å². The predicted molar refractivity (Wildman–Crippen MR) is 144 cm³/mol. The monoisotopic (exact) mass is 535 g/mol. The van der Waals surface area contributed by atoms with E-state index in [0.29, 0.717) is 40.9 Å². The third-order valence-electron chi connectivity index (χ3n) is 6.18. The molecular weight excluding hydrogens is 506 g/mol. The first-order valence-corrected chi connectivity index (χ1v) is 12.6. The fourth-order valence-corrected chi connectivity index (χ4v) is 4.42. The molecule has 0 aliphatic rings. The second kappa shape index (κ2) is 10.9. The van der Waals surface area contributed by atoms with Gasteiger partial charge in [-0.25, -0.2) is 0 Å². The lowest BCUT2D eigenvalue weighted by atomic mass is 9.81. The number of aromatic nitrogens is 3. The molecule has 2 N–H and O–H groups in total. The number of nitrogens with zero attached hydrogens (tertiary/aromatic N) is 4. The summed E-state index contributed by atoms with van der Waals surface area (Å²) in [6.07, 6.45) is 1.66. The lowest BCUT2D eigenvalue weighted by molar-refractivity contribution is -0.145. The van der Waals surface area contributed by atoms with Crippen molar-refractivity contribution in [3.05, 3.63) is 58.7 Å². The first-order valence-electron chi connectivity index (χ1n) is 12.3. The Balaban J connectivity index is 1.55. The van der Waals surface area contributed by atoms with Gasteiger partial charge in [0.15, 0.2) is 0 Å². The summed E-state index contributed by atoms with van der Waals surface area (Å²) in [4.78, 5) is 16.1. The minimum absolute atomic E-state index is 0.0591. The molecule has 4 aromatic rings. The van der Waals surface area contributed by atoms with Crippen LogP contribution in [0.4, 0.5) is 0 Å². The third-order valence-corrected chi connectivity index (χ3v) is 6.48. The zero-order valence-electron chi connectivity index (χ0n) is 21.9. The van der Waals surface area contributed by atoms with E-state index < -0.39 is 11.9 Å². The lowest BCUT2D eigenvalue weighted by Crippen LogP contribution is -2.37. The molecule has 4 rings (SSSR count). The number of nitrogens with one attached hydrogen (secondary N) is 1. The van der Waals surface area contributed by atoms with Crippen molar-refractivity contribution in [3.8, 4) is 29.2 Å². The average molecular weight is 536 g/mol. The van der Waals surface area contributed by atoms with Gasteiger partial charge in [0.2, 0.25) is 0 Å². The molecule has 0 bridgehead atoms. The molecular formula is C28H30ClN5O4. The van der Waals surface area contributed by atoms with Crippen LogP contribution in [0.1, 0.15) is 45.7 Å². The smallest absolute Gasteiger partial charge is 0.308 e. The minimum atomic E-state index is -0.816. The van der Waals surface area contributed by atoms with Crippen molar-refractivity contribution in [1.29, 1.82) is 5.26 Å². The summed E-state index contributed by atoms with van der Waals surface area (Å²) in [6.45, 7) is 10.4. The Kier molecular flexibility index (Phi) is 7.76. The molecule has 0 amide bonds. The fourth-order valence-electron chi connectivity index (χ4n) is 4.18. The summed E-state index contributed by atoms with van der Waals surface area (Å²) < 4.78 is 12.9. The van der Waals surface area contributed by atoms with Crippen LogP contribution < -0.4 is 10.1 Å². The number of halogens is 1. The summed E-state index contributed by atoms with van der Waals surface area (Å²) in [7, 11) is 0. The standard InChI is InChI=1S/C28H30ClN5O4/c1-16(2)37-24-9-7-18(11-19(24)12-30)25-32-27(33-38-25)34-15-22(29)20-10-17(6-8-23(20)34)13-31-14-21(26(35)36)28(3,4)5/h6-11,15-16,21,31H,13-14H2,1-5H3,(H,35,36). The molecule has 2 heterocycles. The maximum Gasteiger partial charge on any atom is 0.308 e. The highest BCUT2D eigenvalue weighted by Crippen LogP contribution is 2.31. The van der Waals surface area contributed by atoms with Gasteiger partial charge in [-0.2, -0.15) is 10.2 Å². The number of rotatable bonds is 9. The largest absolute Gasteiger partial charge is 0.490 e. The Morgan fingerprint density at radius 2 is 2.03 bits per heavy atom. The van der Waals surface area contributed by atoms with E-state index in [1.807, 2.05) is 52.8 Å². The molecule has 0 radical (unpaired) electrons. The molecule has 0 saturated carbocycles. The van der Waals surface area contributed by atoms with E-state index in [-0.39, 0.29) is 17.4 Å². The van der Waals surface area contributed by atoms with Crippen LogP contribution >= 0.6 is 11.6 Å². The molecule has 38 heavy (non-hydrogen) atoms. The van der Waals surface area contributed by atoms with Crippen LogP contribution in [0, 0.1) is 22.7 Å². The van der Waals surface area contributed by atoms with Crippen LogP contribution in [-0.4, -0.2) is 38.4 Å². The van der Waals surface area contributed by atoms with Crippen LogP contribution in [0.25, 0.3) is 28.3 Å². The van der Waals surface area contributed by atoms with E-state index >= 15 is 0 Å².